The molecule has 0 bridgehead atoms. The van der Waals surface area contributed by atoms with Crippen LogP contribution in [0.1, 0.15) is 66.4 Å². The van der Waals surface area contributed by atoms with Gasteiger partial charge in [0.2, 0.25) is 0 Å². The van der Waals surface area contributed by atoms with Crippen LogP contribution >= 0.6 is 0 Å². The fraction of sp³-hybridized carbons (Fsp3) is 0.303. The first kappa shape index (κ1) is 27.6. The molecule has 5 aromatic rings. The average Bonchev–Trinajstić information content (AvgIpc) is 3.48. The van der Waals surface area contributed by atoms with Gasteiger partial charge in [0, 0.05) is 35.9 Å². The number of ether oxygens (including phenoxy) is 1. The molecule has 1 amide bonds. The van der Waals surface area contributed by atoms with E-state index in [2.05, 4.69) is 41.6 Å². The lowest BCUT2D eigenvalue weighted by Crippen LogP contribution is -2.32. The summed E-state index contributed by atoms with van der Waals surface area (Å²) in [6.07, 6.45) is 12.2. The Hall–Kier alpha value is -5.21. The normalized spacial score (nSPS) is 17.4. The van der Waals surface area contributed by atoms with Crippen molar-refractivity contribution in [2.24, 2.45) is 0 Å². The number of imidazole rings is 1. The van der Waals surface area contributed by atoms with Crippen LogP contribution in [0.25, 0.3) is 22.4 Å². The molecule has 1 saturated carbocycles. The number of hydrogen-bond acceptors (Lipinski definition) is 9. The summed E-state index contributed by atoms with van der Waals surface area (Å²) in [7, 11) is 0. The molecule has 7 rings (SSSR count). The molecule has 0 spiro atoms. The predicted molar refractivity (Wildman–Crippen MR) is 165 cm³/mol. The number of nitriles is 1. The molecule has 1 aromatic carbocycles. The molecule has 1 unspecified atom stereocenters. The molecule has 11 heteroatoms. The summed E-state index contributed by atoms with van der Waals surface area (Å²) in [6.45, 7) is 2.71. The molecule has 2 N–H and O–H groups in total. The van der Waals surface area contributed by atoms with E-state index in [4.69, 9.17) is 4.74 Å². The van der Waals surface area contributed by atoms with Crippen molar-refractivity contribution in [1.29, 1.82) is 5.26 Å². The number of nitrogens with zero attached hydrogens (tertiary/aromatic N) is 7. The maximum atomic E-state index is 13.2. The van der Waals surface area contributed by atoms with Crippen molar-refractivity contribution >= 4 is 34.3 Å². The third-order valence-electron chi connectivity index (χ3n) is 8.60. The minimum atomic E-state index is -0.518. The van der Waals surface area contributed by atoms with E-state index in [1.165, 1.54) is 0 Å². The second-order valence-corrected chi connectivity index (χ2v) is 11.4. The van der Waals surface area contributed by atoms with Crippen LogP contribution in [0.5, 0.6) is 0 Å². The summed E-state index contributed by atoms with van der Waals surface area (Å²) in [6, 6.07) is 15.4. The smallest absolute Gasteiger partial charge is 0.274 e. The lowest BCUT2D eigenvalue weighted by atomic mass is 9.66. The number of rotatable bonds is 7. The molecule has 1 saturated heterocycles. The predicted octanol–water partition coefficient (Wildman–Crippen LogP) is 6.23. The number of hydrogen-bond donors (Lipinski definition) is 2. The molecule has 2 aliphatic rings. The molecule has 1 aliphatic carbocycles. The zero-order chi connectivity index (χ0) is 30.1. The molecular weight excluding hydrogens is 554 g/mol. The summed E-state index contributed by atoms with van der Waals surface area (Å²) < 4.78 is 7.97. The molecule has 4 aromatic heterocycles. The van der Waals surface area contributed by atoms with Gasteiger partial charge in [-0.3, -0.25) is 14.3 Å². The van der Waals surface area contributed by atoms with Crippen LogP contribution in [-0.2, 0) is 10.2 Å². The van der Waals surface area contributed by atoms with Crippen molar-refractivity contribution < 1.29 is 9.53 Å². The Labute approximate surface area is 254 Å². The van der Waals surface area contributed by atoms with Crippen molar-refractivity contribution in [3.63, 3.8) is 0 Å². The minimum absolute atomic E-state index is 0.0908. The Balaban J connectivity index is 1.15. The summed E-state index contributed by atoms with van der Waals surface area (Å²) in [4.78, 5) is 35.9. The number of aromatic nitrogens is 6. The van der Waals surface area contributed by atoms with Gasteiger partial charge >= 0.3 is 0 Å². The number of fused-ring (bicyclic) bond motifs is 1. The van der Waals surface area contributed by atoms with Crippen molar-refractivity contribution in [2.75, 3.05) is 17.2 Å². The van der Waals surface area contributed by atoms with Crippen LogP contribution < -0.4 is 10.6 Å². The summed E-state index contributed by atoms with van der Waals surface area (Å²) in [5.41, 5.74) is 5.76. The largest absolute Gasteiger partial charge is 0.358 e. The van der Waals surface area contributed by atoms with Gasteiger partial charge in [-0.1, -0.05) is 6.07 Å². The number of carbonyl (C=O) groups excluding carboxylic acids is 1. The van der Waals surface area contributed by atoms with Crippen LogP contribution in [0.15, 0.2) is 67.5 Å². The van der Waals surface area contributed by atoms with Gasteiger partial charge in [-0.25, -0.2) is 19.9 Å². The number of pyridine rings is 2. The highest BCUT2D eigenvalue weighted by Crippen LogP contribution is 2.43. The quantitative estimate of drug-likeness (QED) is 0.227. The highest BCUT2D eigenvalue weighted by molar-refractivity contribution is 6.03. The summed E-state index contributed by atoms with van der Waals surface area (Å²) in [5.74, 6) is 0.257. The lowest BCUT2D eigenvalue weighted by Gasteiger charge is -2.35. The van der Waals surface area contributed by atoms with Crippen LogP contribution in [0, 0.1) is 18.3 Å². The van der Waals surface area contributed by atoms with Gasteiger partial charge in [0.15, 0.2) is 5.65 Å². The molecule has 1 atom stereocenters. The molecule has 220 valence electrons. The van der Waals surface area contributed by atoms with E-state index >= 15 is 0 Å². The van der Waals surface area contributed by atoms with E-state index in [1.807, 2.05) is 47.9 Å². The molecule has 44 heavy (non-hydrogen) atoms. The van der Waals surface area contributed by atoms with Gasteiger partial charge in [0.05, 0.1) is 17.8 Å². The molecular formula is C33H31N9O2. The van der Waals surface area contributed by atoms with Crippen LogP contribution in [0.4, 0.5) is 17.2 Å². The lowest BCUT2D eigenvalue weighted by molar-refractivity contribution is -0.0298. The number of anilines is 3. The van der Waals surface area contributed by atoms with E-state index in [0.717, 1.165) is 67.5 Å². The van der Waals surface area contributed by atoms with E-state index in [9.17, 15) is 10.1 Å². The maximum Gasteiger partial charge on any atom is 0.274 e. The maximum absolute atomic E-state index is 13.2. The third kappa shape index (κ3) is 5.03. The van der Waals surface area contributed by atoms with Crippen LogP contribution in [0.2, 0.25) is 0 Å². The number of nitrogens with one attached hydrogen (secondary N) is 2. The first-order chi connectivity index (χ1) is 21.5. The van der Waals surface area contributed by atoms with Gasteiger partial charge in [-0.2, -0.15) is 5.26 Å². The SMILES string of the molecule is Cc1ccc(NC(=O)c2cc(C3(C#N)CCC3)ccn2)cc1Nc1ncccc1-c1ncnc2c1ncn2C1CCCCO1. The molecule has 0 radical (unpaired) electrons. The number of benzene rings is 1. The molecule has 1 aliphatic heterocycles. The fourth-order valence-corrected chi connectivity index (χ4v) is 5.90. The highest BCUT2D eigenvalue weighted by atomic mass is 16.5. The van der Waals surface area contributed by atoms with Gasteiger partial charge in [-0.15, -0.1) is 0 Å². The topological polar surface area (TPSA) is 144 Å². The van der Waals surface area contributed by atoms with Crippen molar-refractivity contribution in [1.82, 2.24) is 29.5 Å². The summed E-state index contributed by atoms with van der Waals surface area (Å²) >= 11 is 0. The van der Waals surface area contributed by atoms with Crippen molar-refractivity contribution in [3.8, 4) is 17.3 Å². The average molecular weight is 586 g/mol. The van der Waals surface area contributed by atoms with Gasteiger partial charge in [0.25, 0.3) is 5.91 Å². The van der Waals surface area contributed by atoms with E-state index < -0.39 is 5.41 Å². The number of aryl methyl sites for hydroxylation is 1. The molecule has 5 heterocycles. The standard InChI is InChI=1S/C33H31N9O2/c1-21-8-9-23(40-32(43)26-16-22(10-14-35-26)33(18-34)11-5-12-33)17-25(21)41-30-24(6-4-13-36-30)28-29-31(38-19-37-28)42(20-39-29)27-7-2-3-15-44-27/h4,6,8-10,13-14,16-17,19-20,27H,2-3,5,7,11-12,15H2,1H3,(H,36,41)(H,40,43). The Kier molecular flexibility index (Phi) is 7.20. The van der Waals surface area contributed by atoms with E-state index in [1.54, 1.807) is 31.1 Å². The molecule has 2 fully saturated rings. The van der Waals surface area contributed by atoms with Crippen LogP contribution in [0.3, 0.4) is 0 Å². The van der Waals surface area contributed by atoms with Gasteiger partial charge in [0.1, 0.15) is 35.3 Å². The second-order valence-electron chi connectivity index (χ2n) is 11.4. The highest BCUT2D eigenvalue weighted by Gasteiger charge is 2.39. The van der Waals surface area contributed by atoms with Crippen molar-refractivity contribution in [3.05, 3.63) is 84.3 Å². The zero-order valence-electron chi connectivity index (χ0n) is 24.3. The van der Waals surface area contributed by atoms with E-state index in [0.29, 0.717) is 28.4 Å². The number of amides is 1. The molecule has 11 nitrogen and oxygen atoms in total. The fourth-order valence-electron chi connectivity index (χ4n) is 5.90. The summed E-state index contributed by atoms with van der Waals surface area (Å²) in [5, 5.41) is 16.1. The number of carbonyl (C=O) groups is 1. The van der Waals surface area contributed by atoms with E-state index in [-0.39, 0.29) is 17.8 Å². The Morgan fingerprint density at radius 1 is 1.05 bits per heavy atom. The monoisotopic (exact) mass is 585 g/mol. The Morgan fingerprint density at radius 2 is 1.95 bits per heavy atom. The minimum Gasteiger partial charge on any atom is -0.358 e. The van der Waals surface area contributed by atoms with Crippen molar-refractivity contribution in [2.45, 2.75) is 57.1 Å². The third-order valence-corrected chi connectivity index (χ3v) is 8.60. The first-order valence-corrected chi connectivity index (χ1v) is 14.9. The Bertz CT molecular complexity index is 1900. The van der Waals surface area contributed by atoms with Crippen LogP contribution in [-0.4, -0.2) is 42.0 Å². The zero-order valence-corrected chi connectivity index (χ0v) is 24.3. The first-order valence-electron chi connectivity index (χ1n) is 14.9. The van der Waals surface area contributed by atoms with Gasteiger partial charge in [-0.05, 0) is 93.0 Å². The second kappa shape index (κ2) is 11.5. The Morgan fingerprint density at radius 3 is 2.75 bits per heavy atom. The van der Waals surface area contributed by atoms with Gasteiger partial charge < -0.3 is 15.4 Å².